The molecule has 1 aromatic carbocycles. The SMILES string of the molecule is CCCOc1cc(Cl)c(-c2c(C#N)c(N)[nH]c(=O)c2C#N)cc1OCC. The molecular weight excluding hydrogens is 356 g/mol. The Kier molecular flexibility index (Phi) is 6.11. The first-order chi connectivity index (χ1) is 12.5. The third-order valence-electron chi connectivity index (χ3n) is 3.53. The van der Waals surface area contributed by atoms with E-state index in [2.05, 4.69) is 4.98 Å². The third-order valence-corrected chi connectivity index (χ3v) is 3.85. The number of nitrogens with two attached hydrogens (primary N) is 1. The van der Waals surface area contributed by atoms with Crippen LogP contribution in [0.4, 0.5) is 5.82 Å². The molecule has 0 unspecified atom stereocenters. The quantitative estimate of drug-likeness (QED) is 0.801. The summed E-state index contributed by atoms with van der Waals surface area (Å²) < 4.78 is 11.2. The van der Waals surface area contributed by atoms with Gasteiger partial charge in [-0.05, 0) is 19.4 Å². The summed E-state index contributed by atoms with van der Waals surface area (Å²) in [6, 6.07) is 6.81. The maximum Gasteiger partial charge on any atom is 0.268 e. The van der Waals surface area contributed by atoms with Gasteiger partial charge in [0, 0.05) is 17.2 Å². The van der Waals surface area contributed by atoms with E-state index in [1.165, 1.54) is 6.07 Å². The van der Waals surface area contributed by atoms with Crippen LogP contribution in [0.2, 0.25) is 5.02 Å². The molecule has 0 saturated carbocycles. The number of ether oxygens (including phenoxy) is 2. The summed E-state index contributed by atoms with van der Waals surface area (Å²) in [6.07, 6.45) is 0.798. The first-order valence-electron chi connectivity index (χ1n) is 7.93. The van der Waals surface area contributed by atoms with E-state index in [1.807, 2.05) is 26.0 Å². The second-order valence-corrected chi connectivity index (χ2v) is 5.68. The number of nitrogens with zero attached hydrogens (tertiary/aromatic N) is 2. The van der Waals surface area contributed by atoms with E-state index < -0.39 is 5.56 Å². The largest absolute Gasteiger partial charge is 0.490 e. The molecule has 0 atom stereocenters. The number of anilines is 1. The fourth-order valence-corrected chi connectivity index (χ4v) is 2.68. The molecule has 0 aliphatic carbocycles. The van der Waals surface area contributed by atoms with Gasteiger partial charge in [0.1, 0.15) is 29.1 Å². The Bertz CT molecular complexity index is 970. The third kappa shape index (κ3) is 3.58. The molecule has 0 bridgehead atoms. The first-order valence-corrected chi connectivity index (χ1v) is 8.31. The predicted octanol–water partition coefficient (Wildman–Crippen LogP) is 3.21. The van der Waals surface area contributed by atoms with Crippen LogP contribution in [0.5, 0.6) is 11.5 Å². The summed E-state index contributed by atoms with van der Waals surface area (Å²) >= 11 is 6.37. The standard InChI is InChI=1S/C18H17ClN4O3/c1-3-5-26-15-7-13(19)10(6-14(15)25-4-2)16-11(8-20)17(22)23-18(24)12(16)9-21/h6-7H,3-5H2,1-2H3,(H3,22,23,24). The molecule has 0 amide bonds. The van der Waals surface area contributed by atoms with E-state index in [0.717, 1.165) is 6.42 Å². The van der Waals surface area contributed by atoms with Gasteiger partial charge < -0.3 is 20.2 Å². The number of hydrogen-bond donors (Lipinski definition) is 2. The highest BCUT2D eigenvalue weighted by atomic mass is 35.5. The lowest BCUT2D eigenvalue weighted by Gasteiger charge is -2.16. The van der Waals surface area contributed by atoms with Crippen molar-refractivity contribution >= 4 is 17.4 Å². The van der Waals surface area contributed by atoms with Gasteiger partial charge in [0.05, 0.1) is 18.2 Å². The van der Waals surface area contributed by atoms with Crippen molar-refractivity contribution in [2.75, 3.05) is 18.9 Å². The highest BCUT2D eigenvalue weighted by Gasteiger charge is 2.22. The smallest absolute Gasteiger partial charge is 0.268 e. The van der Waals surface area contributed by atoms with Gasteiger partial charge >= 0.3 is 0 Å². The van der Waals surface area contributed by atoms with E-state index in [-0.39, 0.29) is 27.5 Å². The van der Waals surface area contributed by atoms with Crippen molar-refractivity contribution in [1.29, 1.82) is 10.5 Å². The summed E-state index contributed by atoms with van der Waals surface area (Å²) in [4.78, 5) is 14.4. The van der Waals surface area contributed by atoms with Crippen LogP contribution >= 0.6 is 11.6 Å². The number of nitriles is 2. The molecule has 134 valence electrons. The van der Waals surface area contributed by atoms with Crippen LogP contribution < -0.4 is 20.8 Å². The summed E-state index contributed by atoms with van der Waals surface area (Å²) in [5.41, 5.74) is 5.14. The minimum atomic E-state index is -0.695. The van der Waals surface area contributed by atoms with Crippen LogP contribution in [-0.4, -0.2) is 18.2 Å². The van der Waals surface area contributed by atoms with Crippen LogP contribution in [0.25, 0.3) is 11.1 Å². The highest BCUT2D eigenvalue weighted by Crippen LogP contribution is 2.41. The van der Waals surface area contributed by atoms with Gasteiger partial charge in [-0.1, -0.05) is 18.5 Å². The molecule has 8 heteroatoms. The van der Waals surface area contributed by atoms with Gasteiger partial charge in [-0.25, -0.2) is 0 Å². The topological polar surface area (TPSA) is 125 Å². The number of aromatic amines is 1. The molecule has 2 rings (SSSR count). The number of halogens is 1. The lowest BCUT2D eigenvalue weighted by atomic mass is 9.96. The van der Waals surface area contributed by atoms with E-state index in [9.17, 15) is 15.3 Å². The number of hydrogen-bond acceptors (Lipinski definition) is 6. The molecule has 1 aromatic heterocycles. The fourth-order valence-electron chi connectivity index (χ4n) is 2.43. The molecule has 3 N–H and O–H groups in total. The van der Waals surface area contributed by atoms with Crippen molar-refractivity contribution in [2.24, 2.45) is 0 Å². The number of benzene rings is 1. The van der Waals surface area contributed by atoms with Crippen molar-refractivity contribution in [3.05, 3.63) is 38.6 Å². The van der Waals surface area contributed by atoms with Gasteiger partial charge in [0.25, 0.3) is 5.56 Å². The second kappa shape index (κ2) is 8.28. The molecule has 0 aliphatic rings. The minimum absolute atomic E-state index is 0.0345. The predicted molar refractivity (Wildman–Crippen MR) is 98.3 cm³/mol. The molecule has 2 aromatic rings. The number of nitrogen functional groups attached to an aromatic ring is 1. The Balaban J connectivity index is 2.81. The highest BCUT2D eigenvalue weighted by molar-refractivity contribution is 6.33. The maximum absolute atomic E-state index is 12.1. The average molecular weight is 373 g/mol. The number of rotatable bonds is 6. The monoisotopic (exact) mass is 372 g/mol. The van der Waals surface area contributed by atoms with Crippen molar-refractivity contribution in [3.63, 3.8) is 0 Å². The van der Waals surface area contributed by atoms with Crippen molar-refractivity contribution < 1.29 is 9.47 Å². The lowest BCUT2D eigenvalue weighted by Crippen LogP contribution is -2.16. The van der Waals surface area contributed by atoms with Crippen molar-refractivity contribution in [3.8, 4) is 34.8 Å². The van der Waals surface area contributed by atoms with Gasteiger partial charge in [-0.15, -0.1) is 0 Å². The summed E-state index contributed by atoms with van der Waals surface area (Å²) in [7, 11) is 0. The van der Waals surface area contributed by atoms with E-state index in [1.54, 1.807) is 6.07 Å². The van der Waals surface area contributed by atoms with E-state index in [0.29, 0.717) is 30.3 Å². The second-order valence-electron chi connectivity index (χ2n) is 5.28. The molecule has 7 nitrogen and oxygen atoms in total. The summed E-state index contributed by atoms with van der Waals surface area (Å²) in [6.45, 7) is 4.62. The maximum atomic E-state index is 12.1. The van der Waals surface area contributed by atoms with Crippen LogP contribution in [0.3, 0.4) is 0 Å². The molecule has 0 radical (unpaired) electrons. The lowest BCUT2D eigenvalue weighted by molar-refractivity contribution is 0.277. The molecule has 0 fully saturated rings. The zero-order chi connectivity index (χ0) is 19.3. The average Bonchev–Trinajstić information content (AvgIpc) is 2.61. The summed E-state index contributed by atoms with van der Waals surface area (Å²) in [5, 5.41) is 19.0. The Morgan fingerprint density at radius 1 is 1.15 bits per heavy atom. The molecule has 0 saturated heterocycles. The number of aromatic nitrogens is 1. The fraction of sp³-hybridized carbons (Fsp3) is 0.278. The van der Waals surface area contributed by atoms with Crippen molar-refractivity contribution in [2.45, 2.75) is 20.3 Å². The first kappa shape index (κ1) is 19.2. The zero-order valence-corrected chi connectivity index (χ0v) is 15.1. The van der Waals surface area contributed by atoms with E-state index in [4.69, 9.17) is 26.8 Å². The minimum Gasteiger partial charge on any atom is -0.490 e. The van der Waals surface area contributed by atoms with Gasteiger partial charge in [0.15, 0.2) is 11.5 Å². The van der Waals surface area contributed by atoms with Gasteiger partial charge in [-0.2, -0.15) is 10.5 Å². The number of H-pyrrole nitrogens is 1. The Morgan fingerprint density at radius 2 is 1.81 bits per heavy atom. The number of pyridine rings is 1. The van der Waals surface area contributed by atoms with Gasteiger partial charge in [0.2, 0.25) is 0 Å². The Morgan fingerprint density at radius 3 is 2.38 bits per heavy atom. The Labute approximate surface area is 155 Å². The van der Waals surface area contributed by atoms with Crippen LogP contribution in [-0.2, 0) is 0 Å². The van der Waals surface area contributed by atoms with Crippen molar-refractivity contribution in [1.82, 2.24) is 4.98 Å². The van der Waals surface area contributed by atoms with Gasteiger partial charge in [-0.3, -0.25) is 4.79 Å². The molecule has 0 spiro atoms. The Hall–Kier alpha value is -3.16. The van der Waals surface area contributed by atoms with E-state index >= 15 is 0 Å². The van der Waals surface area contributed by atoms with Crippen LogP contribution in [0.1, 0.15) is 31.4 Å². The van der Waals surface area contributed by atoms with Crippen LogP contribution in [0, 0.1) is 22.7 Å². The molecule has 26 heavy (non-hydrogen) atoms. The molecule has 1 heterocycles. The zero-order valence-electron chi connectivity index (χ0n) is 14.4. The van der Waals surface area contributed by atoms with Crippen LogP contribution in [0.15, 0.2) is 16.9 Å². The molecular formula is C18H17ClN4O3. The number of nitrogens with one attached hydrogen (secondary N) is 1. The normalized spacial score (nSPS) is 10.0. The molecule has 0 aliphatic heterocycles. The summed E-state index contributed by atoms with van der Waals surface area (Å²) in [5.74, 6) is 0.705.